The van der Waals surface area contributed by atoms with Crippen molar-refractivity contribution in [2.24, 2.45) is 0 Å². The van der Waals surface area contributed by atoms with Crippen molar-refractivity contribution in [2.75, 3.05) is 0 Å². The average molecular weight is 326 g/mol. The van der Waals surface area contributed by atoms with Gasteiger partial charge in [-0.05, 0) is 25.1 Å². The molecule has 0 aliphatic carbocycles. The van der Waals surface area contributed by atoms with E-state index in [9.17, 15) is 9.18 Å². The van der Waals surface area contributed by atoms with Gasteiger partial charge in [0.15, 0.2) is 5.82 Å². The molecule has 0 aliphatic heterocycles. The SMILES string of the molecule is CC(NC(=O)c1sc2cc(F)ccc2c1Cl)c1nn[nH]n1. The summed E-state index contributed by atoms with van der Waals surface area (Å²) in [6.07, 6.45) is 0. The third kappa shape index (κ3) is 2.59. The van der Waals surface area contributed by atoms with Crippen molar-refractivity contribution < 1.29 is 9.18 Å². The first-order valence-electron chi connectivity index (χ1n) is 5.98. The van der Waals surface area contributed by atoms with E-state index in [2.05, 4.69) is 25.9 Å². The first-order valence-corrected chi connectivity index (χ1v) is 7.17. The number of carbonyl (C=O) groups excluding carboxylic acids is 1. The summed E-state index contributed by atoms with van der Waals surface area (Å²) in [5.41, 5.74) is 0. The van der Waals surface area contributed by atoms with Crippen LogP contribution in [-0.2, 0) is 0 Å². The molecule has 0 aliphatic rings. The van der Waals surface area contributed by atoms with E-state index >= 15 is 0 Å². The third-order valence-electron chi connectivity index (χ3n) is 2.89. The molecule has 3 rings (SSSR count). The van der Waals surface area contributed by atoms with Gasteiger partial charge < -0.3 is 5.32 Å². The van der Waals surface area contributed by atoms with E-state index in [0.717, 1.165) is 11.3 Å². The Bertz CT molecular complexity index is 803. The number of fused-ring (bicyclic) bond motifs is 1. The van der Waals surface area contributed by atoms with Gasteiger partial charge in [-0.3, -0.25) is 4.79 Å². The lowest BCUT2D eigenvalue weighted by atomic mass is 10.2. The Morgan fingerprint density at radius 1 is 1.52 bits per heavy atom. The highest BCUT2D eigenvalue weighted by Crippen LogP contribution is 2.35. The molecule has 2 N–H and O–H groups in total. The third-order valence-corrected chi connectivity index (χ3v) is 4.55. The molecule has 9 heteroatoms. The molecule has 0 fully saturated rings. The highest BCUT2D eigenvalue weighted by molar-refractivity contribution is 7.21. The minimum Gasteiger partial charge on any atom is -0.341 e. The summed E-state index contributed by atoms with van der Waals surface area (Å²) in [7, 11) is 0. The number of aromatic nitrogens is 4. The summed E-state index contributed by atoms with van der Waals surface area (Å²) >= 11 is 7.33. The van der Waals surface area contributed by atoms with Crippen molar-refractivity contribution in [2.45, 2.75) is 13.0 Å². The Hall–Kier alpha value is -2.06. The summed E-state index contributed by atoms with van der Waals surface area (Å²) in [5.74, 6) is -0.363. The van der Waals surface area contributed by atoms with Gasteiger partial charge in [0, 0.05) is 10.1 Å². The van der Waals surface area contributed by atoms with Gasteiger partial charge in [-0.2, -0.15) is 5.21 Å². The van der Waals surface area contributed by atoms with Crippen molar-refractivity contribution in [3.63, 3.8) is 0 Å². The number of amides is 1. The lowest BCUT2D eigenvalue weighted by molar-refractivity contribution is 0.0942. The van der Waals surface area contributed by atoms with Gasteiger partial charge in [0.25, 0.3) is 5.91 Å². The molecule has 1 aromatic carbocycles. The lowest BCUT2D eigenvalue weighted by Gasteiger charge is -2.08. The van der Waals surface area contributed by atoms with Crippen molar-refractivity contribution in [3.05, 3.63) is 39.7 Å². The fraction of sp³-hybridized carbons (Fsp3) is 0.167. The van der Waals surface area contributed by atoms with Gasteiger partial charge in [0.1, 0.15) is 10.7 Å². The number of benzene rings is 1. The summed E-state index contributed by atoms with van der Waals surface area (Å²) in [6, 6.07) is 3.80. The van der Waals surface area contributed by atoms with Crippen LogP contribution in [-0.4, -0.2) is 26.5 Å². The van der Waals surface area contributed by atoms with Crippen LogP contribution in [0.15, 0.2) is 18.2 Å². The summed E-state index contributed by atoms with van der Waals surface area (Å²) in [4.78, 5) is 12.6. The molecule has 1 unspecified atom stereocenters. The molecular weight excluding hydrogens is 317 g/mol. The van der Waals surface area contributed by atoms with E-state index in [1.165, 1.54) is 12.1 Å². The summed E-state index contributed by atoms with van der Waals surface area (Å²) < 4.78 is 13.8. The molecule has 108 valence electrons. The van der Waals surface area contributed by atoms with Crippen LogP contribution in [0.2, 0.25) is 5.02 Å². The maximum Gasteiger partial charge on any atom is 0.263 e. The fourth-order valence-corrected chi connectivity index (χ4v) is 3.31. The van der Waals surface area contributed by atoms with Gasteiger partial charge in [-0.25, -0.2) is 4.39 Å². The number of halogens is 2. The number of carbonyl (C=O) groups is 1. The van der Waals surface area contributed by atoms with Crippen LogP contribution in [0, 0.1) is 5.82 Å². The molecule has 0 radical (unpaired) electrons. The highest BCUT2D eigenvalue weighted by Gasteiger charge is 2.20. The molecule has 2 aromatic heterocycles. The molecule has 1 atom stereocenters. The number of nitrogens with one attached hydrogen (secondary N) is 2. The van der Waals surface area contributed by atoms with Gasteiger partial charge in [-0.15, -0.1) is 21.5 Å². The minimum atomic E-state index is -0.422. The first-order chi connectivity index (χ1) is 10.1. The fourth-order valence-electron chi connectivity index (χ4n) is 1.86. The molecule has 0 bridgehead atoms. The molecule has 2 heterocycles. The van der Waals surface area contributed by atoms with E-state index in [1.807, 2.05) is 0 Å². The topological polar surface area (TPSA) is 83.6 Å². The zero-order chi connectivity index (χ0) is 15.0. The van der Waals surface area contributed by atoms with Crippen LogP contribution < -0.4 is 5.32 Å². The number of tetrazole rings is 1. The van der Waals surface area contributed by atoms with Crippen LogP contribution in [0.3, 0.4) is 0 Å². The molecule has 0 saturated heterocycles. The zero-order valence-corrected chi connectivity index (χ0v) is 12.3. The van der Waals surface area contributed by atoms with Crippen molar-refractivity contribution in [3.8, 4) is 0 Å². The van der Waals surface area contributed by atoms with Gasteiger partial charge in [0.05, 0.1) is 11.1 Å². The van der Waals surface area contributed by atoms with Gasteiger partial charge in [-0.1, -0.05) is 16.8 Å². The summed E-state index contributed by atoms with van der Waals surface area (Å²) in [6.45, 7) is 1.73. The number of hydrogen-bond acceptors (Lipinski definition) is 5. The predicted octanol–water partition coefficient (Wildman–Crippen LogP) is 2.70. The largest absolute Gasteiger partial charge is 0.341 e. The second-order valence-corrected chi connectivity index (χ2v) is 5.78. The number of H-pyrrole nitrogens is 1. The Morgan fingerprint density at radius 3 is 3.05 bits per heavy atom. The van der Waals surface area contributed by atoms with Crippen LogP contribution in [0.25, 0.3) is 10.1 Å². The number of hydrogen-bond donors (Lipinski definition) is 2. The van der Waals surface area contributed by atoms with Crippen molar-refractivity contribution in [1.29, 1.82) is 0 Å². The number of rotatable bonds is 3. The Balaban J connectivity index is 1.89. The Labute approximate surface area is 127 Å². The number of thiophene rings is 1. The second-order valence-electron chi connectivity index (χ2n) is 4.35. The van der Waals surface area contributed by atoms with E-state index in [-0.39, 0.29) is 11.7 Å². The van der Waals surface area contributed by atoms with E-state index in [4.69, 9.17) is 11.6 Å². The maximum absolute atomic E-state index is 13.2. The second kappa shape index (κ2) is 5.38. The van der Waals surface area contributed by atoms with E-state index < -0.39 is 6.04 Å². The number of nitrogens with zero attached hydrogens (tertiary/aromatic N) is 3. The van der Waals surface area contributed by atoms with Crippen molar-refractivity contribution in [1.82, 2.24) is 25.9 Å². The summed E-state index contributed by atoms with van der Waals surface area (Å²) in [5, 5.41) is 17.0. The van der Waals surface area contributed by atoms with Gasteiger partial charge >= 0.3 is 0 Å². The molecule has 0 spiro atoms. The zero-order valence-electron chi connectivity index (χ0n) is 10.7. The molecule has 0 saturated carbocycles. The molecule has 21 heavy (non-hydrogen) atoms. The molecule has 6 nitrogen and oxygen atoms in total. The monoisotopic (exact) mass is 325 g/mol. The van der Waals surface area contributed by atoms with Crippen LogP contribution in [0.5, 0.6) is 0 Å². The highest BCUT2D eigenvalue weighted by atomic mass is 35.5. The number of aromatic amines is 1. The standard InChI is InChI=1S/C12H9ClFN5OS/c1-5(11-16-18-19-17-11)15-12(20)10-9(13)7-3-2-6(14)4-8(7)21-10/h2-5H,1H3,(H,15,20)(H,16,17,18,19). The predicted molar refractivity (Wildman–Crippen MR) is 76.9 cm³/mol. The van der Waals surface area contributed by atoms with Crippen LogP contribution in [0.4, 0.5) is 4.39 Å². The first kappa shape index (κ1) is 13.9. The smallest absolute Gasteiger partial charge is 0.263 e. The van der Waals surface area contributed by atoms with Crippen LogP contribution in [0.1, 0.15) is 28.5 Å². The van der Waals surface area contributed by atoms with E-state index in [0.29, 0.717) is 25.8 Å². The van der Waals surface area contributed by atoms with E-state index in [1.54, 1.807) is 13.0 Å². The molecule has 3 aromatic rings. The Morgan fingerprint density at radius 2 is 2.33 bits per heavy atom. The quantitative estimate of drug-likeness (QED) is 0.775. The normalized spacial score (nSPS) is 12.5. The minimum absolute atomic E-state index is 0.313. The Kier molecular flexibility index (Phi) is 3.56. The molecule has 1 amide bonds. The average Bonchev–Trinajstić information content (AvgIpc) is 3.07. The van der Waals surface area contributed by atoms with Crippen LogP contribution >= 0.6 is 22.9 Å². The lowest BCUT2D eigenvalue weighted by Crippen LogP contribution is -2.26. The van der Waals surface area contributed by atoms with Crippen molar-refractivity contribution >= 4 is 38.9 Å². The maximum atomic E-state index is 13.2. The molecular formula is C12H9ClFN5OS. The van der Waals surface area contributed by atoms with Gasteiger partial charge in [0.2, 0.25) is 0 Å².